The van der Waals surface area contributed by atoms with Crippen molar-refractivity contribution in [2.75, 3.05) is 12.3 Å². The van der Waals surface area contributed by atoms with Gasteiger partial charge in [0.2, 0.25) is 11.8 Å². The number of thioether (sulfide) groups is 1. The Morgan fingerprint density at radius 2 is 1.77 bits per heavy atom. The molecule has 2 aromatic rings. The molecule has 4 nitrogen and oxygen atoms in total. The van der Waals surface area contributed by atoms with Crippen molar-refractivity contribution in [3.63, 3.8) is 0 Å². The van der Waals surface area contributed by atoms with Crippen LogP contribution in [-0.2, 0) is 21.9 Å². The SMILES string of the molecule is Cc1cccc(CSCC(=O)N(Cc2ccc(Cl)c(Cl)c2)[C@H](C)C(=O)NCC(C)C)c1. The Kier molecular flexibility index (Phi) is 10.2. The minimum Gasteiger partial charge on any atom is -0.354 e. The Balaban J connectivity index is 2.09. The molecule has 0 aliphatic heterocycles. The van der Waals surface area contributed by atoms with Gasteiger partial charge < -0.3 is 10.2 Å². The molecule has 1 atom stereocenters. The van der Waals surface area contributed by atoms with Gasteiger partial charge >= 0.3 is 0 Å². The lowest BCUT2D eigenvalue weighted by Gasteiger charge is -2.29. The Hall–Kier alpha value is -1.69. The summed E-state index contributed by atoms with van der Waals surface area (Å²) in [4.78, 5) is 27.4. The Morgan fingerprint density at radius 1 is 1.03 bits per heavy atom. The van der Waals surface area contributed by atoms with Crippen molar-refractivity contribution in [3.05, 3.63) is 69.2 Å². The zero-order valence-electron chi connectivity index (χ0n) is 18.5. The third-order valence-corrected chi connectivity index (χ3v) is 6.49. The normalized spacial score (nSPS) is 12.0. The molecule has 0 radical (unpaired) electrons. The van der Waals surface area contributed by atoms with Gasteiger partial charge in [-0.1, -0.05) is 72.9 Å². The predicted molar refractivity (Wildman–Crippen MR) is 132 cm³/mol. The maximum absolute atomic E-state index is 13.1. The summed E-state index contributed by atoms with van der Waals surface area (Å²) in [5.41, 5.74) is 3.20. The highest BCUT2D eigenvalue weighted by molar-refractivity contribution is 7.99. The third-order valence-electron chi connectivity index (χ3n) is 4.77. The molecule has 0 fully saturated rings. The van der Waals surface area contributed by atoms with Gasteiger partial charge in [-0.15, -0.1) is 11.8 Å². The van der Waals surface area contributed by atoms with E-state index in [1.54, 1.807) is 35.7 Å². The average Bonchev–Trinajstić information content (AvgIpc) is 2.72. The zero-order chi connectivity index (χ0) is 23.0. The number of aryl methyl sites for hydroxylation is 1. The van der Waals surface area contributed by atoms with Gasteiger partial charge in [0.25, 0.3) is 0 Å². The zero-order valence-corrected chi connectivity index (χ0v) is 20.8. The lowest BCUT2D eigenvalue weighted by molar-refractivity contribution is -0.138. The quantitative estimate of drug-likeness (QED) is 0.472. The smallest absolute Gasteiger partial charge is 0.242 e. The summed E-state index contributed by atoms with van der Waals surface area (Å²) in [6.07, 6.45) is 0. The molecule has 0 saturated heterocycles. The molecular weight excluding hydrogens is 451 g/mol. The number of hydrogen-bond acceptors (Lipinski definition) is 3. The summed E-state index contributed by atoms with van der Waals surface area (Å²) >= 11 is 13.7. The minimum atomic E-state index is -0.597. The van der Waals surface area contributed by atoms with Crippen LogP contribution in [0.3, 0.4) is 0 Å². The molecular formula is C24H30Cl2N2O2S. The number of nitrogens with zero attached hydrogens (tertiary/aromatic N) is 1. The van der Waals surface area contributed by atoms with Crippen LogP contribution in [0, 0.1) is 12.8 Å². The molecule has 31 heavy (non-hydrogen) atoms. The van der Waals surface area contributed by atoms with Gasteiger partial charge in [0.05, 0.1) is 15.8 Å². The van der Waals surface area contributed by atoms with E-state index >= 15 is 0 Å². The maximum atomic E-state index is 13.1. The predicted octanol–water partition coefficient (Wildman–Crippen LogP) is 5.72. The molecule has 0 heterocycles. The summed E-state index contributed by atoms with van der Waals surface area (Å²) in [6.45, 7) is 8.74. The van der Waals surface area contributed by atoms with Gasteiger partial charge in [-0.2, -0.15) is 0 Å². The van der Waals surface area contributed by atoms with E-state index in [-0.39, 0.29) is 24.1 Å². The second-order valence-electron chi connectivity index (χ2n) is 8.07. The molecule has 2 aromatic carbocycles. The van der Waals surface area contributed by atoms with Crippen molar-refractivity contribution in [1.82, 2.24) is 10.2 Å². The molecule has 0 aliphatic carbocycles. The number of hydrogen-bond donors (Lipinski definition) is 1. The molecule has 1 N–H and O–H groups in total. The minimum absolute atomic E-state index is 0.0871. The Morgan fingerprint density at radius 3 is 2.42 bits per heavy atom. The van der Waals surface area contributed by atoms with E-state index < -0.39 is 6.04 Å². The Labute approximate surface area is 199 Å². The van der Waals surface area contributed by atoms with E-state index in [1.165, 1.54) is 11.1 Å². The first-order valence-electron chi connectivity index (χ1n) is 10.3. The van der Waals surface area contributed by atoms with Crippen molar-refractivity contribution in [2.24, 2.45) is 5.92 Å². The average molecular weight is 481 g/mol. The van der Waals surface area contributed by atoms with E-state index in [9.17, 15) is 9.59 Å². The molecule has 0 spiro atoms. The molecule has 0 unspecified atom stereocenters. The number of nitrogens with one attached hydrogen (secondary N) is 1. The van der Waals surface area contributed by atoms with Crippen molar-refractivity contribution in [1.29, 1.82) is 0 Å². The van der Waals surface area contributed by atoms with Crippen molar-refractivity contribution >= 4 is 46.8 Å². The Bertz CT molecular complexity index is 905. The standard InChI is InChI=1S/C24H30Cl2N2O2S/c1-16(2)12-27-24(30)18(4)28(13-19-8-9-21(25)22(26)11-19)23(29)15-31-14-20-7-5-6-17(3)10-20/h5-11,16,18H,12-15H2,1-4H3,(H,27,30)/t18-/m1/s1. The summed E-state index contributed by atoms with van der Waals surface area (Å²) in [6, 6.07) is 12.9. The first-order valence-corrected chi connectivity index (χ1v) is 12.2. The van der Waals surface area contributed by atoms with E-state index in [4.69, 9.17) is 23.2 Å². The van der Waals surface area contributed by atoms with Crippen LogP contribution in [-0.4, -0.2) is 35.1 Å². The van der Waals surface area contributed by atoms with E-state index in [0.717, 1.165) is 11.3 Å². The highest BCUT2D eigenvalue weighted by Crippen LogP contribution is 2.24. The fourth-order valence-electron chi connectivity index (χ4n) is 3.01. The fraction of sp³-hybridized carbons (Fsp3) is 0.417. The third kappa shape index (κ3) is 8.40. The number of carbonyl (C=O) groups is 2. The van der Waals surface area contributed by atoms with Gasteiger partial charge in [-0.3, -0.25) is 9.59 Å². The number of amides is 2. The second kappa shape index (κ2) is 12.4. The topological polar surface area (TPSA) is 49.4 Å². The summed E-state index contributed by atoms with van der Waals surface area (Å²) in [7, 11) is 0. The molecule has 0 bridgehead atoms. The van der Waals surface area contributed by atoms with Crippen molar-refractivity contribution < 1.29 is 9.59 Å². The van der Waals surface area contributed by atoms with Crippen LogP contribution in [0.5, 0.6) is 0 Å². The van der Waals surface area contributed by atoms with E-state index in [0.29, 0.717) is 22.5 Å². The molecule has 2 amide bonds. The molecule has 168 valence electrons. The lowest BCUT2D eigenvalue weighted by atomic mass is 10.1. The molecule has 0 saturated carbocycles. The van der Waals surface area contributed by atoms with Crippen LogP contribution in [0.15, 0.2) is 42.5 Å². The molecule has 0 aromatic heterocycles. The maximum Gasteiger partial charge on any atom is 0.242 e. The summed E-state index contributed by atoms with van der Waals surface area (Å²) < 4.78 is 0. The van der Waals surface area contributed by atoms with Crippen LogP contribution in [0.2, 0.25) is 10.0 Å². The highest BCUT2D eigenvalue weighted by atomic mass is 35.5. The first kappa shape index (κ1) is 25.6. The largest absolute Gasteiger partial charge is 0.354 e. The lowest BCUT2D eigenvalue weighted by Crippen LogP contribution is -2.48. The van der Waals surface area contributed by atoms with Gasteiger partial charge in [0, 0.05) is 18.8 Å². The van der Waals surface area contributed by atoms with Crippen LogP contribution >= 0.6 is 35.0 Å². The number of carbonyl (C=O) groups excluding carboxylic acids is 2. The van der Waals surface area contributed by atoms with Crippen LogP contribution in [0.25, 0.3) is 0 Å². The highest BCUT2D eigenvalue weighted by Gasteiger charge is 2.26. The van der Waals surface area contributed by atoms with Crippen LogP contribution < -0.4 is 5.32 Å². The fourth-order valence-corrected chi connectivity index (χ4v) is 4.19. The van der Waals surface area contributed by atoms with Gasteiger partial charge in [-0.05, 0) is 43.0 Å². The molecule has 2 rings (SSSR count). The summed E-state index contributed by atoms with van der Waals surface area (Å²) in [5.74, 6) is 1.11. The van der Waals surface area contributed by atoms with E-state index in [1.807, 2.05) is 26.0 Å². The van der Waals surface area contributed by atoms with Gasteiger partial charge in [0.15, 0.2) is 0 Å². The van der Waals surface area contributed by atoms with E-state index in [2.05, 4.69) is 30.4 Å². The summed E-state index contributed by atoms with van der Waals surface area (Å²) in [5, 5.41) is 3.81. The van der Waals surface area contributed by atoms with Crippen molar-refractivity contribution in [2.45, 2.75) is 46.0 Å². The second-order valence-corrected chi connectivity index (χ2v) is 9.87. The van der Waals surface area contributed by atoms with Crippen LogP contribution in [0.4, 0.5) is 0 Å². The number of benzene rings is 2. The van der Waals surface area contributed by atoms with Crippen LogP contribution in [0.1, 0.15) is 37.5 Å². The molecule has 7 heteroatoms. The van der Waals surface area contributed by atoms with Gasteiger partial charge in [-0.25, -0.2) is 0 Å². The van der Waals surface area contributed by atoms with Gasteiger partial charge in [0.1, 0.15) is 6.04 Å². The molecule has 0 aliphatic rings. The number of rotatable bonds is 10. The monoisotopic (exact) mass is 480 g/mol. The number of halogens is 2. The first-order chi connectivity index (χ1) is 14.7. The van der Waals surface area contributed by atoms with Crippen molar-refractivity contribution in [3.8, 4) is 0 Å².